The van der Waals surface area contributed by atoms with Gasteiger partial charge in [0.2, 0.25) is 0 Å². The topological polar surface area (TPSA) is 56.8 Å². The maximum Gasteiger partial charge on any atom is 0.261 e. The van der Waals surface area contributed by atoms with Crippen molar-refractivity contribution in [3.05, 3.63) is 53.6 Å². The molecular formula is C21H25NO4S2. The number of ether oxygens (including phenoxy) is 3. The second-order valence-corrected chi connectivity index (χ2v) is 9.00. The lowest BCUT2D eigenvalue weighted by molar-refractivity contribution is -0.127. The van der Waals surface area contributed by atoms with Crippen LogP contribution in [0.25, 0.3) is 0 Å². The molecule has 0 aliphatic carbocycles. The Labute approximate surface area is 174 Å². The van der Waals surface area contributed by atoms with Crippen molar-refractivity contribution in [3.63, 3.8) is 0 Å². The van der Waals surface area contributed by atoms with Crippen molar-refractivity contribution < 1.29 is 19.0 Å². The van der Waals surface area contributed by atoms with Gasteiger partial charge >= 0.3 is 0 Å². The van der Waals surface area contributed by atoms with E-state index in [0.717, 1.165) is 11.3 Å². The van der Waals surface area contributed by atoms with E-state index in [0.29, 0.717) is 22.6 Å². The van der Waals surface area contributed by atoms with Gasteiger partial charge in [0.15, 0.2) is 17.6 Å². The van der Waals surface area contributed by atoms with E-state index in [1.165, 1.54) is 17.1 Å². The average molecular weight is 420 g/mol. The highest BCUT2D eigenvalue weighted by Crippen LogP contribution is 2.47. The number of amides is 1. The quantitative estimate of drug-likeness (QED) is 0.690. The van der Waals surface area contributed by atoms with Gasteiger partial charge in [-0.15, -0.1) is 23.5 Å². The van der Waals surface area contributed by atoms with E-state index in [2.05, 4.69) is 5.32 Å². The van der Waals surface area contributed by atoms with Crippen LogP contribution in [0.2, 0.25) is 0 Å². The first kappa shape index (κ1) is 20.7. The summed E-state index contributed by atoms with van der Waals surface area (Å²) in [6, 6.07) is 13.5. The Kier molecular flexibility index (Phi) is 7.39. The van der Waals surface area contributed by atoms with Gasteiger partial charge in [0.25, 0.3) is 5.91 Å². The minimum Gasteiger partial charge on any atom is -0.496 e. The van der Waals surface area contributed by atoms with Gasteiger partial charge in [-0.2, -0.15) is 0 Å². The van der Waals surface area contributed by atoms with Gasteiger partial charge in [-0.25, -0.2) is 0 Å². The minimum absolute atomic E-state index is 0.195. The Bertz CT molecular complexity index is 809. The summed E-state index contributed by atoms with van der Waals surface area (Å²) in [6.45, 7) is 2.11. The summed E-state index contributed by atoms with van der Waals surface area (Å²) in [7, 11) is 3.23. The van der Waals surface area contributed by atoms with E-state index < -0.39 is 6.10 Å². The van der Waals surface area contributed by atoms with Gasteiger partial charge in [-0.3, -0.25) is 4.79 Å². The molecule has 0 radical (unpaired) electrons. The van der Waals surface area contributed by atoms with E-state index in [4.69, 9.17) is 14.2 Å². The molecule has 0 saturated carbocycles. The van der Waals surface area contributed by atoms with Crippen LogP contribution in [0.5, 0.6) is 17.2 Å². The third kappa shape index (κ3) is 5.08. The van der Waals surface area contributed by atoms with Crippen LogP contribution in [0.4, 0.5) is 0 Å². The van der Waals surface area contributed by atoms with Crippen molar-refractivity contribution in [2.24, 2.45) is 0 Å². The van der Waals surface area contributed by atoms with E-state index in [-0.39, 0.29) is 5.91 Å². The predicted molar refractivity (Wildman–Crippen MR) is 116 cm³/mol. The fourth-order valence-electron chi connectivity index (χ4n) is 2.90. The molecule has 1 amide bonds. The number of methoxy groups -OCH3 is 2. The van der Waals surface area contributed by atoms with Crippen LogP contribution >= 0.6 is 23.5 Å². The molecule has 5 nitrogen and oxygen atoms in total. The van der Waals surface area contributed by atoms with E-state index >= 15 is 0 Å². The number of rotatable bonds is 8. The zero-order valence-electron chi connectivity index (χ0n) is 16.3. The van der Waals surface area contributed by atoms with E-state index in [1.54, 1.807) is 21.1 Å². The summed E-state index contributed by atoms with van der Waals surface area (Å²) in [5.74, 6) is 4.10. The smallest absolute Gasteiger partial charge is 0.261 e. The molecule has 1 saturated heterocycles. The number of hydrogen-bond acceptors (Lipinski definition) is 6. The SMILES string of the molecule is COc1ccccc1CNC(=O)C(C)Oc1ccc(C2SCCS2)cc1OC. The van der Waals surface area contributed by atoms with Crippen LogP contribution in [0.15, 0.2) is 42.5 Å². The highest BCUT2D eigenvalue weighted by atomic mass is 32.2. The molecular weight excluding hydrogens is 394 g/mol. The molecule has 0 bridgehead atoms. The lowest BCUT2D eigenvalue weighted by Crippen LogP contribution is -2.36. The molecule has 0 aromatic heterocycles. The Balaban J connectivity index is 1.61. The first-order chi connectivity index (χ1) is 13.6. The maximum atomic E-state index is 12.5. The zero-order chi connectivity index (χ0) is 19.9. The lowest BCUT2D eigenvalue weighted by atomic mass is 10.2. The second-order valence-electron chi connectivity index (χ2n) is 6.27. The van der Waals surface area contributed by atoms with Gasteiger partial charge in [-0.1, -0.05) is 24.3 Å². The van der Waals surface area contributed by atoms with Gasteiger partial charge in [0.1, 0.15) is 5.75 Å². The summed E-state index contributed by atoms with van der Waals surface area (Å²) in [5, 5.41) is 2.90. The fourth-order valence-corrected chi connectivity index (χ4v) is 5.74. The normalized spacial score (nSPS) is 15.1. The van der Waals surface area contributed by atoms with Crippen molar-refractivity contribution in [2.45, 2.75) is 24.2 Å². The largest absolute Gasteiger partial charge is 0.496 e. The predicted octanol–water partition coefficient (Wildman–Crippen LogP) is 4.27. The number of hydrogen-bond donors (Lipinski definition) is 1. The first-order valence-corrected chi connectivity index (χ1v) is 11.2. The average Bonchev–Trinajstić information content (AvgIpc) is 3.27. The number of thioether (sulfide) groups is 2. The van der Waals surface area contributed by atoms with Crippen molar-refractivity contribution in [1.29, 1.82) is 0 Å². The third-order valence-electron chi connectivity index (χ3n) is 4.40. The van der Waals surface area contributed by atoms with Crippen LogP contribution < -0.4 is 19.5 Å². The van der Waals surface area contributed by atoms with Crippen molar-refractivity contribution >= 4 is 29.4 Å². The molecule has 1 aliphatic rings. The Morgan fingerprint density at radius 2 is 1.79 bits per heavy atom. The van der Waals surface area contributed by atoms with Crippen LogP contribution in [0, 0.1) is 0 Å². The number of carbonyl (C=O) groups excluding carboxylic acids is 1. The molecule has 1 atom stereocenters. The van der Waals surface area contributed by atoms with Gasteiger partial charge in [0.05, 0.1) is 18.8 Å². The number of carbonyl (C=O) groups is 1. The molecule has 2 aromatic rings. The number of para-hydroxylation sites is 1. The summed E-state index contributed by atoms with van der Waals surface area (Å²) in [6.07, 6.45) is -0.648. The Hall–Kier alpha value is -1.99. The van der Waals surface area contributed by atoms with Crippen LogP contribution in [-0.4, -0.2) is 37.7 Å². The maximum absolute atomic E-state index is 12.5. The molecule has 1 aliphatic heterocycles. The first-order valence-electron chi connectivity index (χ1n) is 9.09. The van der Waals surface area contributed by atoms with Crippen molar-refractivity contribution in [3.8, 4) is 17.2 Å². The summed E-state index contributed by atoms with van der Waals surface area (Å²) < 4.78 is 17.1. The summed E-state index contributed by atoms with van der Waals surface area (Å²) >= 11 is 3.88. The molecule has 28 heavy (non-hydrogen) atoms. The van der Waals surface area contributed by atoms with Gasteiger partial charge in [-0.05, 0) is 30.7 Å². The summed E-state index contributed by atoms with van der Waals surface area (Å²) in [4.78, 5) is 12.5. The number of nitrogens with one attached hydrogen (secondary N) is 1. The second kappa shape index (κ2) is 9.98. The molecule has 3 rings (SSSR count). The standard InChI is InChI=1S/C21H25NO4S2/c1-14(20(23)22-13-16-6-4-5-7-17(16)24-2)26-18-9-8-15(12-19(18)25-3)21-27-10-11-28-21/h4-9,12,14,21H,10-11,13H2,1-3H3,(H,22,23). The van der Waals surface area contributed by atoms with E-state index in [9.17, 15) is 4.79 Å². The monoisotopic (exact) mass is 419 g/mol. The van der Waals surface area contributed by atoms with Crippen LogP contribution in [0.3, 0.4) is 0 Å². The Morgan fingerprint density at radius 3 is 2.50 bits per heavy atom. The molecule has 1 heterocycles. The van der Waals surface area contributed by atoms with Crippen molar-refractivity contribution in [2.75, 3.05) is 25.7 Å². The zero-order valence-corrected chi connectivity index (χ0v) is 17.9. The highest BCUT2D eigenvalue weighted by molar-refractivity contribution is 8.19. The number of benzene rings is 2. The molecule has 2 aromatic carbocycles. The molecule has 150 valence electrons. The Morgan fingerprint density at radius 1 is 1.07 bits per heavy atom. The fraction of sp³-hybridized carbons (Fsp3) is 0.381. The van der Waals surface area contributed by atoms with Gasteiger partial charge < -0.3 is 19.5 Å². The molecule has 7 heteroatoms. The lowest BCUT2D eigenvalue weighted by Gasteiger charge is -2.18. The van der Waals surface area contributed by atoms with Crippen LogP contribution in [-0.2, 0) is 11.3 Å². The third-order valence-corrected chi connectivity index (χ3v) is 7.50. The molecule has 1 N–H and O–H groups in total. The van der Waals surface area contributed by atoms with E-state index in [1.807, 2.05) is 66.0 Å². The minimum atomic E-state index is -0.648. The van der Waals surface area contributed by atoms with Crippen LogP contribution in [0.1, 0.15) is 22.6 Å². The highest BCUT2D eigenvalue weighted by Gasteiger charge is 2.21. The molecule has 1 unspecified atom stereocenters. The van der Waals surface area contributed by atoms with Crippen molar-refractivity contribution in [1.82, 2.24) is 5.32 Å². The van der Waals surface area contributed by atoms with Gasteiger partial charge in [0, 0.05) is 23.6 Å². The molecule has 1 fully saturated rings. The molecule has 0 spiro atoms. The summed E-state index contributed by atoms with van der Waals surface area (Å²) in [5.41, 5.74) is 2.13.